The molecule has 1 atom stereocenters. The minimum Gasteiger partial charge on any atom is -0.376 e. The van der Waals surface area contributed by atoms with Crippen LogP contribution >= 0.6 is 0 Å². The third-order valence-electron chi connectivity index (χ3n) is 4.79. The first-order valence-corrected chi connectivity index (χ1v) is 9.46. The van der Waals surface area contributed by atoms with Gasteiger partial charge in [0.05, 0.1) is 18.9 Å². The van der Waals surface area contributed by atoms with Gasteiger partial charge in [0, 0.05) is 43.9 Å². The van der Waals surface area contributed by atoms with Crippen molar-refractivity contribution in [2.75, 3.05) is 19.7 Å². The number of aryl methyl sites for hydroxylation is 1. The molecule has 3 heterocycles. The average molecular weight is 367 g/mol. The second kappa shape index (κ2) is 8.45. The van der Waals surface area contributed by atoms with Crippen molar-refractivity contribution in [1.82, 2.24) is 24.8 Å². The van der Waals surface area contributed by atoms with Crippen LogP contribution in [0.1, 0.15) is 24.2 Å². The number of benzene rings is 1. The summed E-state index contributed by atoms with van der Waals surface area (Å²) in [6.45, 7) is 3.61. The first-order chi connectivity index (χ1) is 13.3. The van der Waals surface area contributed by atoms with Crippen LogP contribution in [0.3, 0.4) is 0 Å². The fraction of sp³-hybridized carbons (Fsp3) is 0.450. The molecule has 7 nitrogen and oxygen atoms in total. The molecule has 3 aromatic rings. The molecular weight excluding hydrogens is 342 g/mol. The summed E-state index contributed by atoms with van der Waals surface area (Å²) in [4.78, 5) is 6.90. The number of likely N-dealkylation sites (tertiary alicyclic amines) is 1. The van der Waals surface area contributed by atoms with Crippen molar-refractivity contribution in [1.29, 1.82) is 0 Å². The molecule has 0 N–H and O–H groups in total. The van der Waals surface area contributed by atoms with Crippen molar-refractivity contribution >= 4 is 0 Å². The summed E-state index contributed by atoms with van der Waals surface area (Å²) in [5.41, 5.74) is 2.19. The van der Waals surface area contributed by atoms with E-state index in [1.54, 1.807) is 0 Å². The first-order valence-electron chi connectivity index (χ1n) is 9.46. The van der Waals surface area contributed by atoms with E-state index in [1.165, 1.54) is 5.56 Å². The van der Waals surface area contributed by atoms with Crippen LogP contribution in [0, 0.1) is 0 Å². The van der Waals surface area contributed by atoms with E-state index in [0.29, 0.717) is 24.7 Å². The van der Waals surface area contributed by atoms with Crippen LogP contribution in [0.25, 0.3) is 11.5 Å². The summed E-state index contributed by atoms with van der Waals surface area (Å²) in [6, 6.07) is 9.82. The number of hydrogen-bond donors (Lipinski definition) is 0. The summed E-state index contributed by atoms with van der Waals surface area (Å²) in [6.07, 6.45) is 7.19. The Morgan fingerprint density at radius 1 is 1.26 bits per heavy atom. The Morgan fingerprint density at radius 2 is 2.15 bits per heavy atom. The highest BCUT2D eigenvalue weighted by molar-refractivity contribution is 5.51. The quantitative estimate of drug-likeness (QED) is 0.639. The number of aromatic nitrogens is 4. The normalized spacial score (nSPS) is 18.0. The van der Waals surface area contributed by atoms with Gasteiger partial charge in [-0.2, -0.15) is 10.1 Å². The van der Waals surface area contributed by atoms with Crippen LogP contribution in [0.5, 0.6) is 0 Å². The molecule has 27 heavy (non-hydrogen) atoms. The molecule has 0 amide bonds. The van der Waals surface area contributed by atoms with Gasteiger partial charge in [-0.15, -0.1) is 0 Å². The van der Waals surface area contributed by atoms with Gasteiger partial charge in [-0.05, 0) is 31.5 Å². The van der Waals surface area contributed by atoms with E-state index in [9.17, 15) is 0 Å². The van der Waals surface area contributed by atoms with Crippen molar-refractivity contribution in [3.63, 3.8) is 0 Å². The highest BCUT2D eigenvalue weighted by Crippen LogP contribution is 2.18. The molecule has 1 aliphatic heterocycles. The molecule has 1 saturated heterocycles. The Bertz CT molecular complexity index is 845. The second-order valence-corrected chi connectivity index (χ2v) is 7.02. The summed E-state index contributed by atoms with van der Waals surface area (Å²) in [5, 5.41) is 8.31. The van der Waals surface area contributed by atoms with E-state index in [0.717, 1.165) is 38.0 Å². The maximum Gasteiger partial charge on any atom is 0.257 e. The molecule has 7 heteroatoms. The molecular formula is C20H25N5O2. The van der Waals surface area contributed by atoms with E-state index >= 15 is 0 Å². The van der Waals surface area contributed by atoms with E-state index < -0.39 is 0 Å². The van der Waals surface area contributed by atoms with E-state index in [-0.39, 0.29) is 6.10 Å². The monoisotopic (exact) mass is 367 g/mol. The Kier molecular flexibility index (Phi) is 5.60. The van der Waals surface area contributed by atoms with E-state index in [2.05, 4.69) is 26.3 Å². The van der Waals surface area contributed by atoms with Crippen molar-refractivity contribution in [2.45, 2.75) is 31.9 Å². The molecule has 0 saturated carbocycles. The van der Waals surface area contributed by atoms with E-state index in [1.807, 2.05) is 48.3 Å². The van der Waals surface area contributed by atoms with Gasteiger partial charge in [0.15, 0.2) is 5.82 Å². The summed E-state index contributed by atoms with van der Waals surface area (Å²) in [5.74, 6) is 1.25. The lowest BCUT2D eigenvalue weighted by Crippen LogP contribution is -2.39. The molecule has 0 bridgehead atoms. The van der Waals surface area contributed by atoms with Gasteiger partial charge < -0.3 is 9.26 Å². The number of rotatable bonds is 7. The Balaban J connectivity index is 1.24. The van der Waals surface area contributed by atoms with Crippen LogP contribution < -0.4 is 0 Å². The predicted octanol–water partition coefficient (Wildman–Crippen LogP) is 2.69. The van der Waals surface area contributed by atoms with Crippen molar-refractivity contribution in [3.05, 3.63) is 54.1 Å². The molecule has 0 aliphatic carbocycles. The molecule has 1 unspecified atom stereocenters. The van der Waals surface area contributed by atoms with Crippen LogP contribution in [0.2, 0.25) is 0 Å². The van der Waals surface area contributed by atoms with E-state index in [4.69, 9.17) is 9.26 Å². The zero-order chi connectivity index (χ0) is 18.5. The fourth-order valence-electron chi connectivity index (χ4n) is 3.47. The molecule has 1 fully saturated rings. The Morgan fingerprint density at radius 3 is 2.96 bits per heavy atom. The molecule has 0 radical (unpaired) electrons. The van der Waals surface area contributed by atoms with Crippen LogP contribution in [0.15, 0.2) is 47.2 Å². The number of nitrogens with zero attached hydrogens (tertiary/aromatic N) is 5. The van der Waals surface area contributed by atoms with Gasteiger partial charge in [0.2, 0.25) is 0 Å². The molecule has 2 aromatic heterocycles. The number of ether oxygens (including phenoxy) is 1. The molecule has 4 rings (SSSR count). The third-order valence-corrected chi connectivity index (χ3v) is 4.79. The smallest absolute Gasteiger partial charge is 0.257 e. The van der Waals surface area contributed by atoms with Crippen LogP contribution in [0.4, 0.5) is 0 Å². The maximum atomic E-state index is 6.09. The van der Waals surface area contributed by atoms with Gasteiger partial charge >= 0.3 is 0 Å². The number of piperidine rings is 1. The van der Waals surface area contributed by atoms with Gasteiger partial charge in [-0.3, -0.25) is 9.58 Å². The van der Waals surface area contributed by atoms with Crippen molar-refractivity contribution < 1.29 is 9.26 Å². The van der Waals surface area contributed by atoms with Gasteiger partial charge in [-0.1, -0.05) is 23.4 Å². The molecule has 0 spiro atoms. The lowest BCUT2D eigenvalue weighted by molar-refractivity contribution is -0.00175. The molecule has 142 valence electrons. The third kappa shape index (κ3) is 4.81. The van der Waals surface area contributed by atoms with Crippen LogP contribution in [-0.2, 0) is 24.8 Å². The summed E-state index contributed by atoms with van der Waals surface area (Å²) >= 11 is 0. The van der Waals surface area contributed by atoms with Crippen molar-refractivity contribution in [2.24, 2.45) is 7.05 Å². The lowest BCUT2D eigenvalue weighted by Gasteiger charge is -2.32. The highest BCUT2D eigenvalue weighted by Gasteiger charge is 2.21. The lowest BCUT2D eigenvalue weighted by atomic mass is 10.1. The Hall–Kier alpha value is -2.51. The van der Waals surface area contributed by atoms with Gasteiger partial charge in [0.25, 0.3) is 5.89 Å². The number of hydrogen-bond acceptors (Lipinski definition) is 6. The largest absolute Gasteiger partial charge is 0.376 e. The minimum absolute atomic E-state index is 0.260. The molecule has 1 aromatic carbocycles. The SMILES string of the molecule is Cn1cc(CN2CCCC(OCCc3noc(-c4ccccc4)n3)C2)cn1. The fourth-order valence-corrected chi connectivity index (χ4v) is 3.47. The second-order valence-electron chi connectivity index (χ2n) is 7.02. The zero-order valence-electron chi connectivity index (χ0n) is 15.6. The standard InChI is InChI=1S/C20H25N5O2/c1-24-13-16(12-21-24)14-25-10-5-8-18(15-25)26-11-9-19-22-20(27-23-19)17-6-3-2-4-7-17/h2-4,6-7,12-13,18H,5,8-11,14-15H2,1H3. The topological polar surface area (TPSA) is 69.2 Å². The van der Waals surface area contributed by atoms with Crippen molar-refractivity contribution in [3.8, 4) is 11.5 Å². The highest BCUT2D eigenvalue weighted by atomic mass is 16.5. The molecule has 1 aliphatic rings. The average Bonchev–Trinajstić information content (AvgIpc) is 3.32. The predicted molar refractivity (Wildman–Crippen MR) is 101 cm³/mol. The van der Waals surface area contributed by atoms with Gasteiger partial charge in [-0.25, -0.2) is 0 Å². The maximum absolute atomic E-state index is 6.09. The minimum atomic E-state index is 0.260. The van der Waals surface area contributed by atoms with Gasteiger partial charge in [0.1, 0.15) is 0 Å². The Labute approximate surface area is 158 Å². The van der Waals surface area contributed by atoms with Crippen LogP contribution in [-0.4, -0.2) is 50.6 Å². The first kappa shape index (κ1) is 17.9. The summed E-state index contributed by atoms with van der Waals surface area (Å²) < 4.78 is 13.3. The zero-order valence-corrected chi connectivity index (χ0v) is 15.6. The summed E-state index contributed by atoms with van der Waals surface area (Å²) in [7, 11) is 1.95.